The van der Waals surface area contributed by atoms with E-state index in [1.54, 1.807) is 24.4 Å². The van der Waals surface area contributed by atoms with Crippen LogP contribution in [0, 0.1) is 0 Å². The average Bonchev–Trinajstić information content (AvgIpc) is 3.19. The van der Waals surface area contributed by atoms with Crippen LogP contribution in [0.4, 0.5) is 4.79 Å². The predicted molar refractivity (Wildman–Crippen MR) is 126 cm³/mol. The number of rotatable bonds is 6. The minimum Gasteiger partial charge on any atom is -0.449 e. The fraction of sp³-hybridized carbons (Fsp3) is 0.185. The van der Waals surface area contributed by atoms with Crippen LogP contribution in [0.1, 0.15) is 28.7 Å². The number of fused-ring (bicyclic) bond motifs is 4. The van der Waals surface area contributed by atoms with Gasteiger partial charge in [-0.15, -0.1) is 0 Å². The molecule has 2 atom stereocenters. The zero-order chi connectivity index (χ0) is 22.8. The lowest BCUT2D eigenvalue weighted by Gasteiger charge is -2.20. The van der Waals surface area contributed by atoms with Crippen LogP contribution in [0.5, 0.6) is 0 Å². The van der Waals surface area contributed by atoms with Gasteiger partial charge in [0.2, 0.25) is 0 Å². The number of aliphatic hydroxyl groups is 2. The highest BCUT2D eigenvalue weighted by Crippen LogP contribution is 2.44. The second-order valence-corrected chi connectivity index (χ2v) is 8.14. The minimum absolute atomic E-state index is 0.0400. The molecule has 6 heteroatoms. The molecule has 5 rings (SSSR count). The van der Waals surface area contributed by atoms with Gasteiger partial charge in [0.05, 0.1) is 5.52 Å². The zero-order valence-electron chi connectivity index (χ0n) is 17.9. The van der Waals surface area contributed by atoms with Crippen molar-refractivity contribution in [2.45, 2.75) is 18.1 Å². The molecule has 1 aromatic heterocycles. The van der Waals surface area contributed by atoms with Crippen LogP contribution >= 0.6 is 0 Å². The summed E-state index contributed by atoms with van der Waals surface area (Å²) in [7, 11) is 0. The molecule has 0 spiro atoms. The molecule has 33 heavy (non-hydrogen) atoms. The second kappa shape index (κ2) is 9.02. The van der Waals surface area contributed by atoms with Crippen molar-refractivity contribution in [2.75, 3.05) is 13.2 Å². The molecule has 1 aliphatic carbocycles. The number of amides is 1. The van der Waals surface area contributed by atoms with Crippen molar-refractivity contribution < 1.29 is 19.7 Å². The maximum absolute atomic E-state index is 12.4. The Balaban J connectivity index is 1.21. The third-order valence-electron chi connectivity index (χ3n) is 6.16. The number of nitrogens with zero attached hydrogens (tertiary/aromatic N) is 1. The van der Waals surface area contributed by atoms with Crippen LogP contribution in [0.25, 0.3) is 22.0 Å². The number of nitrogens with one attached hydrogen (secondary N) is 1. The third kappa shape index (κ3) is 4.06. The Morgan fingerprint density at radius 1 is 0.909 bits per heavy atom. The van der Waals surface area contributed by atoms with E-state index in [1.165, 1.54) is 0 Å². The summed E-state index contributed by atoms with van der Waals surface area (Å²) in [4.78, 5) is 16.6. The Hall–Kier alpha value is -3.74. The Kier molecular flexibility index (Phi) is 5.77. The van der Waals surface area contributed by atoms with Gasteiger partial charge in [0.15, 0.2) is 0 Å². The van der Waals surface area contributed by atoms with Crippen molar-refractivity contribution in [3.05, 3.63) is 102 Å². The SMILES string of the molecule is O=C(NCC(O)C(O)c1cccc2ncccc12)OCC1c2ccccc2-c2ccccc21. The summed E-state index contributed by atoms with van der Waals surface area (Å²) in [6.07, 6.45) is -1.33. The van der Waals surface area contributed by atoms with Gasteiger partial charge in [0, 0.05) is 24.0 Å². The number of benzene rings is 3. The van der Waals surface area contributed by atoms with Gasteiger partial charge in [-0.05, 0) is 39.9 Å². The Labute approximate surface area is 191 Å². The molecule has 0 aliphatic heterocycles. The molecule has 1 heterocycles. The summed E-state index contributed by atoms with van der Waals surface area (Å²) in [5.41, 5.74) is 5.86. The van der Waals surface area contributed by atoms with Crippen LogP contribution in [-0.2, 0) is 4.74 Å². The Morgan fingerprint density at radius 3 is 2.33 bits per heavy atom. The van der Waals surface area contributed by atoms with Crippen LogP contribution in [0.3, 0.4) is 0 Å². The molecule has 166 valence electrons. The predicted octanol–water partition coefficient (Wildman–Crippen LogP) is 4.17. The average molecular weight is 440 g/mol. The molecule has 0 bridgehead atoms. The van der Waals surface area contributed by atoms with E-state index >= 15 is 0 Å². The molecule has 3 aromatic carbocycles. The topological polar surface area (TPSA) is 91.7 Å². The van der Waals surface area contributed by atoms with Gasteiger partial charge in [-0.1, -0.05) is 66.7 Å². The van der Waals surface area contributed by atoms with E-state index in [1.807, 2.05) is 36.4 Å². The standard InChI is InChI=1S/C27H24N2O4/c30-25(26(31)22-11-5-13-24-21(22)12-6-14-28-24)15-29-27(32)33-16-23-19-9-3-1-7-17(19)18-8-2-4-10-20(18)23/h1-14,23,25-26,30-31H,15-16H2,(H,29,32). The Morgan fingerprint density at radius 2 is 1.61 bits per heavy atom. The summed E-state index contributed by atoms with van der Waals surface area (Å²) in [6, 6.07) is 25.2. The van der Waals surface area contributed by atoms with Crippen molar-refractivity contribution in [2.24, 2.45) is 0 Å². The number of ether oxygens (including phenoxy) is 1. The number of alkyl carbamates (subject to hydrolysis) is 1. The molecule has 6 nitrogen and oxygen atoms in total. The third-order valence-corrected chi connectivity index (χ3v) is 6.16. The molecule has 4 aromatic rings. The first-order valence-corrected chi connectivity index (χ1v) is 10.9. The maximum atomic E-state index is 12.4. The van der Waals surface area contributed by atoms with E-state index < -0.39 is 18.3 Å². The number of aliphatic hydroxyl groups excluding tert-OH is 2. The summed E-state index contributed by atoms with van der Waals surface area (Å²) in [6.45, 7) is 0.0436. The monoisotopic (exact) mass is 440 g/mol. The highest BCUT2D eigenvalue weighted by atomic mass is 16.5. The zero-order valence-corrected chi connectivity index (χ0v) is 17.9. The highest BCUT2D eigenvalue weighted by molar-refractivity contribution is 5.82. The number of hydrogen-bond donors (Lipinski definition) is 3. The first-order chi connectivity index (χ1) is 16.1. The quantitative estimate of drug-likeness (QED) is 0.419. The van der Waals surface area contributed by atoms with Gasteiger partial charge in [0.1, 0.15) is 18.8 Å². The lowest BCUT2D eigenvalue weighted by atomic mass is 9.98. The molecular formula is C27H24N2O4. The van der Waals surface area contributed by atoms with Gasteiger partial charge in [-0.3, -0.25) is 4.98 Å². The van der Waals surface area contributed by atoms with Crippen molar-refractivity contribution in [1.29, 1.82) is 0 Å². The molecular weight excluding hydrogens is 416 g/mol. The van der Waals surface area contributed by atoms with Crippen molar-refractivity contribution in [3.8, 4) is 11.1 Å². The first-order valence-electron chi connectivity index (χ1n) is 10.9. The van der Waals surface area contributed by atoms with Crippen LogP contribution < -0.4 is 5.32 Å². The summed E-state index contributed by atoms with van der Waals surface area (Å²) < 4.78 is 5.49. The van der Waals surface area contributed by atoms with Gasteiger partial charge in [-0.2, -0.15) is 0 Å². The van der Waals surface area contributed by atoms with E-state index in [0.29, 0.717) is 5.56 Å². The van der Waals surface area contributed by atoms with E-state index in [0.717, 1.165) is 33.2 Å². The van der Waals surface area contributed by atoms with Gasteiger partial charge < -0.3 is 20.3 Å². The number of carbonyl (C=O) groups is 1. The highest BCUT2D eigenvalue weighted by Gasteiger charge is 2.29. The van der Waals surface area contributed by atoms with Crippen LogP contribution in [-0.4, -0.2) is 40.5 Å². The maximum Gasteiger partial charge on any atom is 0.407 e. The summed E-state index contributed by atoms with van der Waals surface area (Å²) in [5, 5.41) is 24.5. The Bertz CT molecular complexity index is 1260. The number of pyridine rings is 1. The molecule has 0 radical (unpaired) electrons. The normalized spacial score (nSPS) is 14.4. The first kappa shape index (κ1) is 21.1. The van der Waals surface area contributed by atoms with E-state index in [-0.39, 0.29) is 19.1 Å². The molecule has 1 amide bonds. The van der Waals surface area contributed by atoms with Crippen LogP contribution in [0.2, 0.25) is 0 Å². The van der Waals surface area contributed by atoms with Crippen LogP contribution in [0.15, 0.2) is 85.1 Å². The van der Waals surface area contributed by atoms with Crippen molar-refractivity contribution >= 4 is 17.0 Å². The summed E-state index contributed by atoms with van der Waals surface area (Å²) >= 11 is 0. The van der Waals surface area contributed by atoms with Gasteiger partial charge >= 0.3 is 6.09 Å². The smallest absolute Gasteiger partial charge is 0.407 e. The summed E-state index contributed by atoms with van der Waals surface area (Å²) in [5.74, 6) is -0.0400. The molecule has 0 saturated heterocycles. The molecule has 0 saturated carbocycles. The van der Waals surface area contributed by atoms with E-state index in [9.17, 15) is 15.0 Å². The fourth-order valence-electron chi connectivity index (χ4n) is 4.54. The number of carbonyl (C=O) groups excluding carboxylic acids is 1. The number of aromatic nitrogens is 1. The van der Waals surface area contributed by atoms with E-state index in [2.05, 4.69) is 34.6 Å². The molecule has 2 unspecified atom stereocenters. The minimum atomic E-state index is -1.20. The van der Waals surface area contributed by atoms with Gasteiger partial charge in [0.25, 0.3) is 0 Å². The number of hydrogen-bond acceptors (Lipinski definition) is 5. The van der Waals surface area contributed by atoms with E-state index in [4.69, 9.17) is 4.74 Å². The largest absolute Gasteiger partial charge is 0.449 e. The lowest BCUT2D eigenvalue weighted by Crippen LogP contribution is -2.36. The van der Waals surface area contributed by atoms with Gasteiger partial charge in [-0.25, -0.2) is 4.79 Å². The van der Waals surface area contributed by atoms with Crippen molar-refractivity contribution in [3.63, 3.8) is 0 Å². The fourth-order valence-corrected chi connectivity index (χ4v) is 4.54. The lowest BCUT2D eigenvalue weighted by molar-refractivity contribution is 0.0194. The van der Waals surface area contributed by atoms with Crippen molar-refractivity contribution in [1.82, 2.24) is 10.3 Å². The molecule has 0 fully saturated rings. The molecule has 1 aliphatic rings. The molecule has 3 N–H and O–H groups in total. The second-order valence-electron chi connectivity index (χ2n) is 8.14.